The Hall–Kier alpha value is -5.22. The molecule has 7 nitrogen and oxygen atoms in total. The first-order valence-electron chi connectivity index (χ1n) is 11.6. The Balaban J connectivity index is 1.48. The Morgan fingerprint density at radius 2 is 1.70 bits per heavy atom. The molecule has 1 heterocycles. The summed E-state index contributed by atoms with van der Waals surface area (Å²) < 4.78 is 12.8. The normalized spacial score (nSPS) is 10.9. The van der Waals surface area contributed by atoms with Gasteiger partial charge >= 0.3 is 0 Å². The van der Waals surface area contributed by atoms with E-state index in [1.54, 1.807) is 43.7 Å². The molecule has 0 atom stereocenters. The molecule has 0 saturated carbocycles. The lowest BCUT2D eigenvalue weighted by atomic mass is 10.1. The smallest absolute Gasteiger partial charge is 0.282 e. The molecule has 0 fully saturated rings. The zero-order valence-corrected chi connectivity index (χ0v) is 20.0. The lowest BCUT2D eigenvalue weighted by Crippen LogP contribution is -2.20. The van der Waals surface area contributed by atoms with Gasteiger partial charge in [-0.3, -0.25) is 4.79 Å². The molecule has 0 spiro atoms. The number of fused-ring (bicyclic) bond motifs is 1. The zero-order valence-electron chi connectivity index (χ0n) is 20.0. The summed E-state index contributed by atoms with van der Waals surface area (Å²) in [6, 6.07) is 31.5. The molecule has 0 N–H and O–H groups in total. The van der Waals surface area contributed by atoms with Crippen LogP contribution in [0.5, 0.6) is 11.5 Å². The molecule has 7 heteroatoms. The highest BCUT2D eigenvalue weighted by molar-refractivity contribution is 5.82. The van der Waals surface area contributed by atoms with E-state index in [2.05, 4.69) is 11.2 Å². The van der Waals surface area contributed by atoms with Gasteiger partial charge in [0.1, 0.15) is 6.61 Å². The summed E-state index contributed by atoms with van der Waals surface area (Å²) in [5.74, 6) is 1.48. The van der Waals surface area contributed by atoms with Crippen LogP contribution in [-0.4, -0.2) is 23.0 Å². The number of aromatic nitrogens is 2. The fraction of sp³-hybridized carbons (Fsp3) is 0.0667. The van der Waals surface area contributed by atoms with E-state index in [1.165, 1.54) is 4.68 Å². The van der Waals surface area contributed by atoms with Crippen molar-refractivity contribution in [2.24, 2.45) is 5.10 Å². The van der Waals surface area contributed by atoms with Crippen LogP contribution in [0.25, 0.3) is 22.3 Å². The summed E-state index contributed by atoms with van der Waals surface area (Å²) in [6.45, 7) is 0.228. The van der Waals surface area contributed by atoms with Crippen molar-refractivity contribution < 1.29 is 9.47 Å². The van der Waals surface area contributed by atoms with Gasteiger partial charge in [-0.2, -0.15) is 15.0 Å². The Bertz CT molecular complexity index is 1700. The van der Waals surface area contributed by atoms with Gasteiger partial charge in [0.15, 0.2) is 17.3 Å². The molecule has 5 aromatic rings. The van der Waals surface area contributed by atoms with E-state index < -0.39 is 0 Å². The van der Waals surface area contributed by atoms with Crippen LogP contribution in [0.3, 0.4) is 0 Å². The average Bonchev–Trinajstić information content (AvgIpc) is 2.96. The van der Waals surface area contributed by atoms with Crippen molar-refractivity contribution in [1.82, 2.24) is 9.66 Å². The second-order valence-corrected chi connectivity index (χ2v) is 8.15. The maximum absolute atomic E-state index is 13.3. The van der Waals surface area contributed by atoms with Crippen LogP contribution in [-0.2, 0) is 6.61 Å². The number of para-hydroxylation sites is 1. The van der Waals surface area contributed by atoms with Gasteiger partial charge in [-0.15, -0.1) is 0 Å². The highest BCUT2D eigenvalue weighted by atomic mass is 16.5. The first kappa shape index (κ1) is 23.5. The topological polar surface area (TPSA) is 89.5 Å². The minimum absolute atomic E-state index is 0.228. The summed E-state index contributed by atoms with van der Waals surface area (Å²) in [5.41, 5.74) is 3.19. The predicted molar refractivity (Wildman–Crippen MR) is 143 cm³/mol. The largest absolute Gasteiger partial charge is 0.493 e. The van der Waals surface area contributed by atoms with Crippen LogP contribution in [0.4, 0.5) is 0 Å². The number of benzene rings is 4. The number of methoxy groups -OCH3 is 1. The first-order chi connectivity index (χ1) is 18.2. The molecular weight excluding hydrogens is 464 g/mol. The summed E-state index contributed by atoms with van der Waals surface area (Å²) in [4.78, 5) is 18.1. The van der Waals surface area contributed by atoms with Gasteiger partial charge in [0, 0.05) is 11.1 Å². The van der Waals surface area contributed by atoms with Crippen LogP contribution in [0, 0.1) is 11.3 Å². The van der Waals surface area contributed by atoms with E-state index >= 15 is 0 Å². The predicted octanol–water partition coefficient (Wildman–Crippen LogP) is 5.40. The molecule has 0 unspecified atom stereocenters. The quantitative estimate of drug-likeness (QED) is 0.287. The molecule has 180 valence electrons. The highest BCUT2D eigenvalue weighted by Gasteiger charge is 2.12. The van der Waals surface area contributed by atoms with Crippen LogP contribution in [0.15, 0.2) is 107 Å². The molecule has 1 aromatic heterocycles. The lowest BCUT2D eigenvalue weighted by Gasteiger charge is -2.12. The van der Waals surface area contributed by atoms with Crippen molar-refractivity contribution in [3.8, 4) is 29.0 Å². The third kappa shape index (κ3) is 4.95. The minimum atomic E-state index is -0.260. The van der Waals surface area contributed by atoms with Crippen molar-refractivity contribution in [3.63, 3.8) is 0 Å². The second kappa shape index (κ2) is 10.6. The fourth-order valence-electron chi connectivity index (χ4n) is 3.92. The fourth-order valence-corrected chi connectivity index (χ4v) is 3.92. The van der Waals surface area contributed by atoms with E-state index in [4.69, 9.17) is 14.5 Å². The molecule has 0 bridgehead atoms. The number of rotatable bonds is 7. The molecule has 0 amide bonds. The van der Waals surface area contributed by atoms with E-state index in [0.717, 1.165) is 11.1 Å². The summed E-state index contributed by atoms with van der Waals surface area (Å²) in [6.07, 6.45) is 1.58. The summed E-state index contributed by atoms with van der Waals surface area (Å²) >= 11 is 0. The second-order valence-electron chi connectivity index (χ2n) is 8.15. The van der Waals surface area contributed by atoms with E-state index in [-0.39, 0.29) is 12.2 Å². The SMILES string of the molecule is COc1cc(C=Nn2c(-c3ccccc3)nc3ccccc3c2=O)ccc1OCc1ccccc1C#N. The van der Waals surface area contributed by atoms with Gasteiger partial charge in [0.05, 0.1) is 35.9 Å². The van der Waals surface area contributed by atoms with Crippen LogP contribution in [0.1, 0.15) is 16.7 Å². The monoisotopic (exact) mass is 486 g/mol. The van der Waals surface area contributed by atoms with Crippen LogP contribution in [0.2, 0.25) is 0 Å². The van der Waals surface area contributed by atoms with Gasteiger partial charge in [-0.05, 0) is 42.0 Å². The standard InChI is InChI=1S/C30H22N4O3/c1-36-28-17-21(15-16-27(28)37-20-24-12-6-5-11-23(24)18-31)19-32-34-29(22-9-3-2-4-10-22)33-26-14-8-7-13-25(26)30(34)35/h2-17,19H,20H2,1H3. The number of nitriles is 1. The highest BCUT2D eigenvalue weighted by Crippen LogP contribution is 2.29. The Morgan fingerprint density at radius 3 is 2.51 bits per heavy atom. The first-order valence-corrected chi connectivity index (χ1v) is 11.6. The van der Waals surface area contributed by atoms with Crippen molar-refractivity contribution in [1.29, 1.82) is 5.26 Å². The van der Waals surface area contributed by atoms with Gasteiger partial charge < -0.3 is 9.47 Å². The van der Waals surface area contributed by atoms with Gasteiger partial charge in [0.2, 0.25) is 0 Å². The third-order valence-electron chi connectivity index (χ3n) is 5.82. The molecule has 0 aliphatic carbocycles. The summed E-state index contributed by atoms with van der Waals surface area (Å²) in [7, 11) is 1.55. The molecule has 0 saturated heterocycles. The molecular formula is C30H22N4O3. The molecule has 0 radical (unpaired) electrons. The van der Waals surface area contributed by atoms with Crippen molar-refractivity contribution in [3.05, 3.63) is 124 Å². The number of ether oxygens (including phenoxy) is 2. The zero-order chi connectivity index (χ0) is 25.6. The van der Waals surface area contributed by atoms with Gasteiger partial charge in [-0.25, -0.2) is 4.98 Å². The number of hydrogen-bond donors (Lipinski definition) is 0. The molecule has 4 aromatic carbocycles. The lowest BCUT2D eigenvalue weighted by molar-refractivity contribution is 0.284. The number of nitrogens with zero attached hydrogens (tertiary/aromatic N) is 4. The van der Waals surface area contributed by atoms with Crippen molar-refractivity contribution in [2.75, 3.05) is 7.11 Å². The Labute approximate surface area is 213 Å². The van der Waals surface area contributed by atoms with Gasteiger partial charge in [0.25, 0.3) is 5.56 Å². The maximum atomic E-state index is 13.3. The Morgan fingerprint density at radius 1 is 0.946 bits per heavy atom. The maximum Gasteiger partial charge on any atom is 0.282 e. The molecule has 37 heavy (non-hydrogen) atoms. The number of hydrogen-bond acceptors (Lipinski definition) is 6. The van der Waals surface area contributed by atoms with E-state index in [1.807, 2.05) is 66.7 Å². The van der Waals surface area contributed by atoms with Crippen molar-refractivity contribution >= 4 is 17.1 Å². The van der Waals surface area contributed by atoms with Crippen LogP contribution < -0.4 is 15.0 Å². The van der Waals surface area contributed by atoms with E-state index in [0.29, 0.717) is 39.4 Å². The molecule has 0 aliphatic rings. The van der Waals surface area contributed by atoms with Crippen molar-refractivity contribution in [2.45, 2.75) is 6.61 Å². The Kier molecular flexibility index (Phi) is 6.73. The van der Waals surface area contributed by atoms with Crippen LogP contribution >= 0.6 is 0 Å². The third-order valence-corrected chi connectivity index (χ3v) is 5.82. The van der Waals surface area contributed by atoms with Gasteiger partial charge in [-0.1, -0.05) is 60.7 Å². The molecule has 0 aliphatic heterocycles. The van der Waals surface area contributed by atoms with E-state index in [9.17, 15) is 10.1 Å². The average molecular weight is 487 g/mol. The summed E-state index contributed by atoms with van der Waals surface area (Å²) in [5, 5.41) is 14.3. The minimum Gasteiger partial charge on any atom is -0.493 e. The molecule has 5 rings (SSSR count).